The minimum atomic E-state index is -3.80. The standard InChI is InChI=1S/C19H24N2O4S/c1-5-18(15-11-9-14(2)10-12-15)20-19(22)16-7-6-8-17(13-16)26(23,24)21(3)25-4/h6-13,18H,5H2,1-4H3,(H,20,22). The molecule has 1 atom stereocenters. The van der Waals surface area contributed by atoms with Gasteiger partial charge in [0.15, 0.2) is 0 Å². The second-order valence-electron chi connectivity index (χ2n) is 5.97. The summed E-state index contributed by atoms with van der Waals surface area (Å²) in [6.07, 6.45) is 0.721. The van der Waals surface area contributed by atoms with Gasteiger partial charge in [0.2, 0.25) is 0 Å². The van der Waals surface area contributed by atoms with E-state index in [-0.39, 0.29) is 22.4 Å². The van der Waals surface area contributed by atoms with E-state index in [9.17, 15) is 13.2 Å². The summed E-state index contributed by atoms with van der Waals surface area (Å²) >= 11 is 0. The number of rotatable bonds is 7. The fraction of sp³-hybridized carbons (Fsp3) is 0.316. The Morgan fingerprint density at radius 3 is 2.42 bits per heavy atom. The summed E-state index contributed by atoms with van der Waals surface area (Å²) in [6, 6.07) is 13.7. The van der Waals surface area contributed by atoms with Gasteiger partial charge in [0.1, 0.15) is 0 Å². The maximum atomic E-state index is 12.6. The van der Waals surface area contributed by atoms with Crippen LogP contribution in [-0.2, 0) is 14.9 Å². The van der Waals surface area contributed by atoms with Crippen molar-refractivity contribution in [2.75, 3.05) is 14.2 Å². The maximum absolute atomic E-state index is 12.6. The van der Waals surface area contributed by atoms with E-state index in [4.69, 9.17) is 4.84 Å². The largest absolute Gasteiger partial charge is 0.345 e. The maximum Gasteiger partial charge on any atom is 0.264 e. The van der Waals surface area contributed by atoms with Crippen molar-refractivity contribution < 1.29 is 18.0 Å². The van der Waals surface area contributed by atoms with Gasteiger partial charge in [-0.1, -0.05) is 47.3 Å². The van der Waals surface area contributed by atoms with Crippen LogP contribution in [-0.4, -0.2) is 33.0 Å². The van der Waals surface area contributed by atoms with E-state index in [0.29, 0.717) is 0 Å². The van der Waals surface area contributed by atoms with Gasteiger partial charge in [-0.05, 0) is 37.1 Å². The first kappa shape index (κ1) is 20.1. The monoisotopic (exact) mass is 376 g/mol. The van der Waals surface area contributed by atoms with Gasteiger partial charge < -0.3 is 5.32 Å². The molecular weight excluding hydrogens is 352 g/mol. The molecule has 0 saturated carbocycles. The van der Waals surface area contributed by atoms with E-state index in [1.807, 2.05) is 38.1 Å². The van der Waals surface area contributed by atoms with E-state index in [0.717, 1.165) is 22.0 Å². The number of hydroxylamine groups is 1. The summed E-state index contributed by atoms with van der Waals surface area (Å²) in [6.45, 7) is 3.99. The zero-order chi connectivity index (χ0) is 19.3. The molecule has 2 rings (SSSR count). The molecule has 26 heavy (non-hydrogen) atoms. The Kier molecular flexibility index (Phi) is 6.52. The quantitative estimate of drug-likeness (QED) is 0.754. The number of aryl methyl sites for hydroxylation is 1. The van der Waals surface area contributed by atoms with Gasteiger partial charge in [0.25, 0.3) is 15.9 Å². The third kappa shape index (κ3) is 4.49. The molecule has 0 aliphatic rings. The molecule has 0 radical (unpaired) electrons. The highest BCUT2D eigenvalue weighted by Gasteiger charge is 2.22. The predicted molar refractivity (Wildman–Crippen MR) is 100 cm³/mol. The van der Waals surface area contributed by atoms with Crippen LogP contribution in [0.5, 0.6) is 0 Å². The Hall–Kier alpha value is -2.22. The molecule has 1 N–H and O–H groups in total. The SMILES string of the molecule is CCC(NC(=O)c1cccc(S(=O)(=O)N(C)OC)c1)c1ccc(C)cc1. The highest BCUT2D eigenvalue weighted by molar-refractivity contribution is 7.89. The molecule has 1 amide bonds. The molecule has 0 saturated heterocycles. The van der Waals surface area contributed by atoms with Gasteiger partial charge in [-0.25, -0.2) is 8.42 Å². The lowest BCUT2D eigenvalue weighted by molar-refractivity contribution is -0.0258. The molecule has 2 aromatic rings. The second kappa shape index (κ2) is 8.44. The van der Waals surface area contributed by atoms with Crippen LogP contribution in [0.3, 0.4) is 0 Å². The van der Waals surface area contributed by atoms with E-state index in [1.54, 1.807) is 6.07 Å². The molecule has 140 valence electrons. The number of hydrogen-bond acceptors (Lipinski definition) is 4. The van der Waals surface area contributed by atoms with Crippen molar-refractivity contribution in [1.82, 2.24) is 9.79 Å². The summed E-state index contributed by atoms with van der Waals surface area (Å²) in [5, 5.41) is 2.96. The first-order valence-electron chi connectivity index (χ1n) is 8.30. The van der Waals surface area contributed by atoms with Crippen molar-refractivity contribution >= 4 is 15.9 Å². The first-order chi connectivity index (χ1) is 12.3. The molecule has 0 bridgehead atoms. The third-order valence-electron chi connectivity index (χ3n) is 4.18. The van der Waals surface area contributed by atoms with Gasteiger partial charge in [0, 0.05) is 12.6 Å². The Labute approximate surface area is 154 Å². The van der Waals surface area contributed by atoms with Crippen LogP contribution in [0, 0.1) is 6.92 Å². The smallest absolute Gasteiger partial charge is 0.264 e. The number of sulfonamides is 1. The molecule has 0 fully saturated rings. The Balaban J connectivity index is 2.24. The number of amides is 1. The van der Waals surface area contributed by atoms with Crippen LogP contribution in [0.1, 0.15) is 40.9 Å². The fourth-order valence-corrected chi connectivity index (χ4v) is 3.53. The number of carbonyl (C=O) groups is 1. The topological polar surface area (TPSA) is 75.7 Å². The molecule has 0 aliphatic heterocycles. The zero-order valence-electron chi connectivity index (χ0n) is 15.4. The number of nitrogens with one attached hydrogen (secondary N) is 1. The number of carbonyl (C=O) groups excluding carboxylic acids is 1. The zero-order valence-corrected chi connectivity index (χ0v) is 16.2. The molecular formula is C19H24N2O4S. The molecule has 6 nitrogen and oxygen atoms in total. The summed E-state index contributed by atoms with van der Waals surface area (Å²) in [5.41, 5.74) is 2.44. The van der Waals surface area contributed by atoms with Gasteiger partial charge >= 0.3 is 0 Å². The van der Waals surface area contributed by atoms with Crippen LogP contribution in [0.25, 0.3) is 0 Å². The summed E-state index contributed by atoms with van der Waals surface area (Å²) < 4.78 is 25.4. The lowest BCUT2D eigenvalue weighted by Crippen LogP contribution is -2.29. The number of hydrogen-bond donors (Lipinski definition) is 1. The Morgan fingerprint density at radius 2 is 1.85 bits per heavy atom. The van der Waals surface area contributed by atoms with E-state index in [1.165, 1.54) is 32.4 Å². The first-order valence-corrected chi connectivity index (χ1v) is 9.74. The van der Waals surface area contributed by atoms with Crippen LogP contribution in [0.4, 0.5) is 0 Å². The van der Waals surface area contributed by atoms with Crippen LogP contribution >= 0.6 is 0 Å². The van der Waals surface area contributed by atoms with Gasteiger partial charge in [-0.2, -0.15) is 0 Å². The average Bonchev–Trinajstić information content (AvgIpc) is 2.66. The Bertz CT molecular complexity index is 863. The lowest BCUT2D eigenvalue weighted by atomic mass is 10.0. The second-order valence-corrected chi connectivity index (χ2v) is 7.91. The van der Waals surface area contributed by atoms with E-state index in [2.05, 4.69) is 5.32 Å². The number of nitrogens with zero attached hydrogens (tertiary/aromatic N) is 1. The van der Waals surface area contributed by atoms with Crippen molar-refractivity contribution in [3.63, 3.8) is 0 Å². The molecule has 2 aromatic carbocycles. The normalized spacial score (nSPS) is 12.8. The minimum Gasteiger partial charge on any atom is -0.345 e. The van der Waals surface area contributed by atoms with Crippen LogP contribution in [0.15, 0.2) is 53.4 Å². The van der Waals surface area contributed by atoms with E-state index < -0.39 is 10.0 Å². The number of benzene rings is 2. The lowest BCUT2D eigenvalue weighted by Gasteiger charge is -2.18. The van der Waals surface area contributed by atoms with Crippen LogP contribution < -0.4 is 5.32 Å². The molecule has 0 aliphatic carbocycles. The van der Waals surface area contributed by atoms with Crippen molar-refractivity contribution in [1.29, 1.82) is 0 Å². The van der Waals surface area contributed by atoms with Gasteiger partial charge in [-0.15, -0.1) is 0 Å². The highest BCUT2D eigenvalue weighted by atomic mass is 32.2. The van der Waals surface area contributed by atoms with Crippen molar-refractivity contribution in [3.05, 3.63) is 65.2 Å². The minimum absolute atomic E-state index is 0.00196. The predicted octanol–water partition coefficient (Wildman–Crippen LogP) is 3.06. The highest BCUT2D eigenvalue weighted by Crippen LogP contribution is 2.20. The van der Waals surface area contributed by atoms with Crippen molar-refractivity contribution in [3.8, 4) is 0 Å². The van der Waals surface area contributed by atoms with Gasteiger partial charge in [0.05, 0.1) is 18.0 Å². The summed E-state index contributed by atoms with van der Waals surface area (Å²) in [4.78, 5) is 17.4. The molecule has 0 heterocycles. The van der Waals surface area contributed by atoms with Gasteiger partial charge in [-0.3, -0.25) is 9.63 Å². The molecule has 1 unspecified atom stereocenters. The van der Waals surface area contributed by atoms with E-state index >= 15 is 0 Å². The van der Waals surface area contributed by atoms with Crippen LogP contribution in [0.2, 0.25) is 0 Å². The van der Waals surface area contributed by atoms with Crippen molar-refractivity contribution in [2.24, 2.45) is 0 Å². The Morgan fingerprint density at radius 1 is 1.19 bits per heavy atom. The molecule has 0 aromatic heterocycles. The molecule has 7 heteroatoms. The summed E-state index contributed by atoms with van der Waals surface area (Å²) in [7, 11) is -1.24. The fourth-order valence-electron chi connectivity index (χ4n) is 2.51. The third-order valence-corrected chi connectivity index (χ3v) is 5.86. The average molecular weight is 376 g/mol. The van der Waals surface area contributed by atoms with Crippen molar-refractivity contribution in [2.45, 2.75) is 31.2 Å². The molecule has 0 spiro atoms. The summed E-state index contributed by atoms with van der Waals surface area (Å²) in [5.74, 6) is -0.324.